The molecule has 1 fully saturated rings. The van der Waals surface area contributed by atoms with Crippen molar-refractivity contribution in [3.8, 4) is 0 Å². The van der Waals surface area contributed by atoms with Crippen molar-refractivity contribution < 1.29 is 4.74 Å². The van der Waals surface area contributed by atoms with E-state index in [0.717, 1.165) is 19.1 Å². The normalized spacial score (nSPS) is 26.2. The van der Waals surface area contributed by atoms with Crippen LogP contribution < -0.4 is 5.32 Å². The lowest BCUT2D eigenvalue weighted by Gasteiger charge is -2.26. The summed E-state index contributed by atoms with van der Waals surface area (Å²) in [6.45, 7) is 8.99. The van der Waals surface area contributed by atoms with Crippen LogP contribution in [0.1, 0.15) is 72.1 Å². The maximum atomic E-state index is 6.00. The van der Waals surface area contributed by atoms with Crippen LogP contribution in [0.5, 0.6) is 0 Å². The first-order chi connectivity index (χ1) is 8.72. The van der Waals surface area contributed by atoms with Gasteiger partial charge in [-0.05, 0) is 57.9 Å². The zero-order valence-corrected chi connectivity index (χ0v) is 12.7. The Labute approximate surface area is 114 Å². The van der Waals surface area contributed by atoms with Gasteiger partial charge in [0.05, 0.1) is 6.10 Å². The highest BCUT2D eigenvalue weighted by atomic mass is 16.5. The average Bonchev–Trinajstić information content (AvgIpc) is 2.36. The number of hydrogen-bond acceptors (Lipinski definition) is 2. The van der Waals surface area contributed by atoms with E-state index in [0.29, 0.717) is 12.1 Å². The molecule has 0 spiro atoms. The molecule has 1 N–H and O–H groups in total. The van der Waals surface area contributed by atoms with Gasteiger partial charge in [0.2, 0.25) is 0 Å². The largest absolute Gasteiger partial charge is 0.378 e. The van der Waals surface area contributed by atoms with Gasteiger partial charge >= 0.3 is 0 Å². The number of ether oxygens (including phenoxy) is 1. The van der Waals surface area contributed by atoms with Crippen molar-refractivity contribution in [1.29, 1.82) is 0 Å². The lowest BCUT2D eigenvalue weighted by molar-refractivity contribution is 0.0136. The fourth-order valence-corrected chi connectivity index (χ4v) is 2.83. The second-order valence-corrected chi connectivity index (χ2v) is 6.12. The molecule has 0 aromatic heterocycles. The maximum Gasteiger partial charge on any atom is 0.0577 e. The molecular formula is C16H33NO. The van der Waals surface area contributed by atoms with E-state index in [4.69, 9.17) is 4.74 Å². The van der Waals surface area contributed by atoms with E-state index in [1.54, 1.807) is 0 Å². The highest BCUT2D eigenvalue weighted by Gasteiger charge is 2.18. The zero-order valence-electron chi connectivity index (χ0n) is 12.7. The van der Waals surface area contributed by atoms with Gasteiger partial charge in [-0.15, -0.1) is 0 Å². The standard InChI is InChI=1S/C16H33NO/c1-4-11-17-15(3)9-5-6-12-18-16-10-7-8-14(2)13-16/h14-17H,4-13H2,1-3H3. The summed E-state index contributed by atoms with van der Waals surface area (Å²) in [4.78, 5) is 0. The smallest absolute Gasteiger partial charge is 0.0577 e. The summed E-state index contributed by atoms with van der Waals surface area (Å²) < 4.78 is 6.00. The average molecular weight is 255 g/mol. The van der Waals surface area contributed by atoms with E-state index in [1.165, 1.54) is 51.4 Å². The van der Waals surface area contributed by atoms with Crippen molar-refractivity contribution in [3.63, 3.8) is 0 Å². The van der Waals surface area contributed by atoms with E-state index in [1.807, 2.05) is 0 Å². The molecule has 2 heteroatoms. The van der Waals surface area contributed by atoms with Gasteiger partial charge < -0.3 is 10.1 Å². The Morgan fingerprint density at radius 3 is 2.83 bits per heavy atom. The number of hydrogen-bond donors (Lipinski definition) is 1. The highest BCUT2D eigenvalue weighted by molar-refractivity contribution is 4.70. The molecule has 3 unspecified atom stereocenters. The topological polar surface area (TPSA) is 21.3 Å². The molecule has 0 saturated heterocycles. The molecule has 0 aliphatic heterocycles. The highest BCUT2D eigenvalue weighted by Crippen LogP contribution is 2.25. The molecule has 0 aromatic carbocycles. The van der Waals surface area contributed by atoms with Gasteiger partial charge in [-0.2, -0.15) is 0 Å². The van der Waals surface area contributed by atoms with Crippen molar-refractivity contribution in [2.24, 2.45) is 5.92 Å². The molecule has 1 aliphatic rings. The Hall–Kier alpha value is -0.0800. The van der Waals surface area contributed by atoms with Crippen molar-refractivity contribution in [3.05, 3.63) is 0 Å². The van der Waals surface area contributed by atoms with E-state index in [9.17, 15) is 0 Å². The molecule has 0 amide bonds. The van der Waals surface area contributed by atoms with Gasteiger partial charge in [-0.1, -0.05) is 26.7 Å². The van der Waals surface area contributed by atoms with Crippen LogP contribution in [0.25, 0.3) is 0 Å². The Bertz CT molecular complexity index is 196. The Kier molecular flexibility index (Phi) is 8.70. The van der Waals surface area contributed by atoms with Crippen molar-refractivity contribution in [2.75, 3.05) is 13.2 Å². The van der Waals surface area contributed by atoms with Crippen LogP contribution >= 0.6 is 0 Å². The summed E-state index contributed by atoms with van der Waals surface area (Å²) in [5.41, 5.74) is 0. The van der Waals surface area contributed by atoms with Crippen molar-refractivity contribution >= 4 is 0 Å². The van der Waals surface area contributed by atoms with Gasteiger partial charge in [0.15, 0.2) is 0 Å². The lowest BCUT2D eigenvalue weighted by Crippen LogP contribution is -2.26. The molecule has 0 bridgehead atoms. The van der Waals surface area contributed by atoms with E-state index in [-0.39, 0.29) is 0 Å². The van der Waals surface area contributed by atoms with E-state index in [2.05, 4.69) is 26.1 Å². The third kappa shape index (κ3) is 7.38. The first-order valence-electron chi connectivity index (χ1n) is 8.07. The van der Waals surface area contributed by atoms with Crippen molar-refractivity contribution in [1.82, 2.24) is 5.32 Å². The zero-order chi connectivity index (χ0) is 13.2. The summed E-state index contributed by atoms with van der Waals surface area (Å²) in [6, 6.07) is 0.666. The van der Waals surface area contributed by atoms with Crippen LogP contribution in [0, 0.1) is 5.92 Å². The molecule has 0 aromatic rings. The van der Waals surface area contributed by atoms with E-state index >= 15 is 0 Å². The Balaban J connectivity index is 1.91. The summed E-state index contributed by atoms with van der Waals surface area (Å²) in [5, 5.41) is 3.54. The fourth-order valence-electron chi connectivity index (χ4n) is 2.83. The molecule has 2 nitrogen and oxygen atoms in total. The monoisotopic (exact) mass is 255 g/mol. The molecule has 0 radical (unpaired) electrons. The fraction of sp³-hybridized carbons (Fsp3) is 1.00. The first kappa shape index (κ1) is 16.0. The number of rotatable bonds is 9. The molecule has 0 heterocycles. The number of unbranched alkanes of at least 4 members (excludes halogenated alkanes) is 1. The van der Waals surface area contributed by atoms with Gasteiger partial charge in [0.1, 0.15) is 0 Å². The van der Waals surface area contributed by atoms with Gasteiger partial charge in [0, 0.05) is 12.6 Å². The van der Waals surface area contributed by atoms with Crippen LogP contribution in [0.15, 0.2) is 0 Å². The molecule has 1 aliphatic carbocycles. The molecule has 1 saturated carbocycles. The summed E-state index contributed by atoms with van der Waals surface area (Å²) in [6.07, 6.45) is 10.9. The van der Waals surface area contributed by atoms with Gasteiger partial charge in [-0.3, -0.25) is 0 Å². The van der Waals surface area contributed by atoms with Gasteiger partial charge in [-0.25, -0.2) is 0 Å². The summed E-state index contributed by atoms with van der Waals surface area (Å²) in [5.74, 6) is 0.877. The molecule has 108 valence electrons. The summed E-state index contributed by atoms with van der Waals surface area (Å²) in [7, 11) is 0. The summed E-state index contributed by atoms with van der Waals surface area (Å²) >= 11 is 0. The number of nitrogens with one attached hydrogen (secondary N) is 1. The third-order valence-electron chi connectivity index (χ3n) is 4.02. The lowest BCUT2D eigenvalue weighted by atomic mass is 9.89. The molecule has 18 heavy (non-hydrogen) atoms. The predicted molar refractivity (Wildman–Crippen MR) is 79.0 cm³/mol. The van der Waals surface area contributed by atoms with Crippen LogP contribution in [-0.4, -0.2) is 25.3 Å². The second-order valence-electron chi connectivity index (χ2n) is 6.12. The Morgan fingerprint density at radius 1 is 1.28 bits per heavy atom. The minimum Gasteiger partial charge on any atom is -0.378 e. The Morgan fingerprint density at radius 2 is 2.11 bits per heavy atom. The quantitative estimate of drug-likeness (QED) is 0.625. The van der Waals surface area contributed by atoms with Gasteiger partial charge in [0.25, 0.3) is 0 Å². The maximum absolute atomic E-state index is 6.00. The third-order valence-corrected chi connectivity index (χ3v) is 4.02. The second kappa shape index (κ2) is 9.80. The molecule has 3 atom stereocenters. The van der Waals surface area contributed by atoms with Crippen molar-refractivity contribution in [2.45, 2.75) is 84.3 Å². The minimum atomic E-state index is 0.560. The molecular weight excluding hydrogens is 222 g/mol. The predicted octanol–water partition coefficient (Wildman–Crippen LogP) is 4.14. The van der Waals surface area contributed by atoms with Crippen LogP contribution in [0.4, 0.5) is 0 Å². The minimum absolute atomic E-state index is 0.560. The van der Waals surface area contributed by atoms with E-state index < -0.39 is 0 Å². The SMILES string of the molecule is CCCNC(C)CCCCOC1CCCC(C)C1. The van der Waals surface area contributed by atoms with Crippen LogP contribution in [0.2, 0.25) is 0 Å². The van der Waals surface area contributed by atoms with Crippen LogP contribution in [0.3, 0.4) is 0 Å². The molecule has 1 rings (SSSR count). The van der Waals surface area contributed by atoms with Crippen LogP contribution in [-0.2, 0) is 4.74 Å². The first-order valence-corrected chi connectivity index (χ1v) is 8.07.